The molecule has 0 nitrogen and oxygen atoms in total. The van der Waals surface area contributed by atoms with Crippen molar-refractivity contribution in [3.63, 3.8) is 0 Å². The van der Waals surface area contributed by atoms with Gasteiger partial charge in [0, 0.05) is 0 Å². The van der Waals surface area contributed by atoms with Gasteiger partial charge in [0.05, 0.1) is 0 Å². The predicted octanol–water partition coefficient (Wildman–Crippen LogP) is 2.97. The minimum atomic E-state index is -1.94. The van der Waals surface area contributed by atoms with Gasteiger partial charge in [-0.3, -0.25) is 0 Å². The van der Waals surface area contributed by atoms with Gasteiger partial charge in [-0.25, -0.2) is 17.6 Å². The Balaban J connectivity index is 0.00000256. The fraction of sp³-hybridized carbons (Fsp3) is 0. The van der Waals surface area contributed by atoms with Crippen LogP contribution < -0.4 is 21.9 Å². The van der Waals surface area contributed by atoms with E-state index < -0.39 is 29.4 Å². The van der Waals surface area contributed by atoms with Crippen molar-refractivity contribution in [2.24, 2.45) is 0 Å². The average molecular weight is 415 g/mol. The Morgan fingerprint density at radius 2 is 0.500 bits per heavy atom. The third-order valence-electron chi connectivity index (χ3n) is 5.48. The van der Waals surface area contributed by atoms with Gasteiger partial charge < -0.3 is 0 Å². The van der Waals surface area contributed by atoms with Crippen LogP contribution in [0.5, 0.6) is 0 Å². The molecule has 0 amide bonds. The number of rotatable bonds is 4. The predicted molar refractivity (Wildman–Crippen MR) is 117 cm³/mol. The summed E-state index contributed by atoms with van der Waals surface area (Å²) in [4.78, 5) is 0. The van der Waals surface area contributed by atoms with Gasteiger partial charge in [0.25, 0.3) is 0 Å². The summed E-state index contributed by atoms with van der Waals surface area (Å²) in [7, 11) is 0. The van der Waals surface area contributed by atoms with Crippen molar-refractivity contribution in [3.05, 3.63) is 120 Å². The van der Waals surface area contributed by atoms with Crippen LogP contribution in [0.15, 0.2) is 97.1 Å². The first-order valence-electron chi connectivity index (χ1n) is 9.20. The Labute approximate surface area is 194 Å². The van der Waals surface area contributed by atoms with Crippen LogP contribution >= 0.6 is 0 Å². The molecule has 0 fully saturated rings. The van der Waals surface area contributed by atoms with Crippen molar-refractivity contribution in [2.75, 3.05) is 0 Å². The first kappa shape index (κ1) is 22.4. The fourth-order valence-electron chi connectivity index (χ4n) is 4.16. The van der Waals surface area contributed by atoms with Crippen molar-refractivity contribution in [1.29, 1.82) is 0 Å². The Morgan fingerprint density at radius 1 is 0.333 bits per heavy atom. The summed E-state index contributed by atoms with van der Waals surface area (Å²) in [5.74, 6) is -1.57. The molecule has 0 saturated heterocycles. The maximum absolute atomic E-state index is 13.7. The molecular formula is C24H17BF4Na-. The van der Waals surface area contributed by atoms with Crippen LogP contribution in [0.3, 0.4) is 0 Å². The summed E-state index contributed by atoms with van der Waals surface area (Å²) < 4.78 is 54.8. The monoisotopic (exact) mass is 415 g/mol. The van der Waals surface area contributed by atoms with Crippen molar-refractivity contribution in [3.8, 4) is 0 Å². The minimum absolute atomic E-state index is 0. The average Bonchev–Trinajstić information content (AvgIpc) is 2.73. The van der Waals surface area contributed by atoms with Crippen LogP contribution in [0.2, 0.25) is 0 Å². The summed E-state index contributed by atoms with van der Waals surface area (Å²) in [6.45, 7) is 0. The maximum atomic E-state index is 13.7. The third-order valence-corrected chi connectivity index (χ3v) is 5.48. The molecule has 4 aromatic rings. The molecule has 0 heterocycles. The van der Waals surface area contributed by atoms with E-state index in [2.05, 4.69) is 0 Å². The van der Waals surface area contributed by atoms with E-state index in [1.165, 1.54) is 48.5 Å². The van der Waals surface area contributed by atoms with Crippen molar-refractivity contribution >= 4 is 57.6 Å². The summed E-state index contributed by atoms with van der Waals surface area (Å²) >= 11 is 0. The molecule has 0 atom stereocenters. The Bertz CT molecular complexity index is 922. The molecule has 0 radical (unpaired) electrons. The molecule has 0 aliphatic heterocycles. The molecule has 0 spiro atoms. The first-order chi connectivity index (χ1) is 14.0. The quantitative estimate of drug-likeness (QED) is 0.355. The van der Waals surface area contributed by atoms with E-state index in [-0.39, 0.29) is 29.6 Å². The molecule has 0 aliphatic rings. The fourth-order valence-corrected chi connectivity index (χ4v) is 4.16. The molecular weight excluding hydrogens is 398 g/mol. The Kier molecular flexibility index (Phi) is 6.86. The second-order valence-electron chi connectivity index (χ2n) is 7.07. The van der Waals surface area contributed by atoms with Crippen LogP contribution in [-0.2, 0) is 0 Å². The molecule has 0 saturated carbocycles. The van der Waals surface area contributed by atoms with Gasteiger partial charge in [-0.1, -0.05) is 48.5 Å². The second kappa shape index (κ2) is 9.21. The van der Waals surface area contributed by atoms with Crippen LogP contribution in [0.1, 0.15) is 0 Å². The zero-order chi connectivity index (χ0) is 20.4. The molecule has 146 valence electrons. The molecule has 0 unspecified atom stereocenters. The molecule has 0 N–H and O–H groups in total. The molecule has 4 aromatic carbocycles. The van der Waals surface area contributed by atoms with Gasteiger partial charge in [0.2, 0.25) is 0 Å². The normalized spacial score (nSPS) is 11.1. The van der Waals surface area contributed by atoms with Gasteiger partial charge in [-0.2, -0.15) is 21.9 Å². The van der Waals surface area contributed by atoms with Gasteiger partial charge in [-0.15, -0.1) is 0 Å². The van der Waals surface area contributed by atoms with Crippen molar-refractivity contribution in [2.45, 2.75) is 0 Å². The van der Waals surface area contributed by atoms with E-state index in [0.29, 0.717) is 0 Å². The summed E-state index contributed by atoms with van der Waals surface area (Å²) in [6, 6.07) is 24.1. The molecule has 6 heteroatoms. The van der Waals surface area contributed by atoms with Crippen LogP contribution in [-0.4, -0.2) is 35.7 Å². The van der Waals surface area contributed by atoms with Crippen LogP contribution in [0.4, 0.5) is 17.6 Å². The van der Waals surface area contributed by atoms with E-state index in [9.17, 15) is 17.6 Å². The third kappa shape index (κ3) is 4.11. The van der Waals surface area contributed by atoms with Gasteiger partial charge in [0.15, 0.2) is 0 Å². The van der Waals surface area contributed by atoms with Crippen molar-refractivity contribution < 1.29 is 17.6 Å². The van der Waals surface area contributed by atoms with E-state index in [0.717, 1.165) is 21.9 Å². The van der Waals surface area contributed by atoms with Gasteiger partial charge in [0.1, 0.15) is 29.4 Å². The number of hydrogen-bond acceptors (Lipinski definition) is 0. The van der Waals surface area contributed by atoms with E-state index >= 15 is 0 Å². The van der Waals surface area contributed by atoms with Crippen LogP contribution in [0, 0.1) is 23.3 Å². The SMILES string of the molecule is Fc1ccc([B-](c2ccc(F)cc2)(c2ccc(F)cc2)c2ccc(F)cc2)cc1.[NaH]. The Hall–Kier alpha value is -2.34. The van der Waals surface area contributed by atoms with Crippen LogP contribution in [0.25, 0.3) is 0 Å². The zero-order valence-corrected chi connectivity index (χ0v) is 15.3. The number of halogens is 4. The molecule has 30 heavy (non-hydrogen) atoms. The van der Waals surface area contributed by atoms with Crippen molar-refractivity contribution in [1.82, 2.24) is 0 Å². The second-order valence-corrected chi connectivity index (χ2v) is 7.07. The van der Waals surface area contributed by atoms with Gasteiger partial charge in [-0.05, 0) is 48.5 Å². The number of benzene rings is 4. The summed E-state index contributed by atoms with van der Waals surface area (Å²) in [6.07, 6.45) is -1.94. The number of hydrogen-bond donors (Lipinski definition) is 0. The summed E-state index contributed by atoms with van der Waals surface area (Å²) in [5, 5.41) is 0. The van der Waals surface area contributed by atoms with E-state index in [1.807, 2.05) is 0 Å². The molecule has 0 aromatic heterocycles. The molecule has 4 rings (SSSR count). The molecule has 0 aliphatic carbocycles. The first-order valence-corrected chi connectivity index (χ1v) is 9.20. The van der Waals surface area contributed by atoms with E-state index in [1.54, 1.807) is 48.5 Å². The zero-order valence-electron chi connectivity index (χ0n) is 15.3. The topological polar surface area (TPSA) is 0 Å². The summed E-state index contributed by atoms with van der Waals surface area (Å²) in [5.41, 5.74) is 2.99. The van der Waals surface area contributed by atoms with E-state index in [4.69, 9.17) is 0 Å². The Morgan fingerprint density at radius 3 is 0.667 bits per heavy atom. The standard InChI is InChI=1S/C24H16BF4.Na.H/c26-21-9-1-17(2-10-21)25(18-3-11-22(27)12-4-18,19-5-13-23(28)14-6-19)20-7-15-24(29)16-8-20;;/h1-16H;;/q-1;;. The van der Waals surface area contributed by atoms with Gasteiger partial charge >= 0.3 is 29.6 Å². The molecule has 0 bridgehead atoms.